The number of hydrogen-bond acceptors (Lipinski definition) is 1. The Morgan fingerprint density at radius 3 is 2.18 bits per heavy atom. The molecule has 0 radical (unpaired) electrons. The van der Waals surface area contributed by atoms with Crippen molar-refractivity contribution in [1.82, 2.24) is 4.90 Å². The van der Waals surface area contributed by atoms with Gasteiger partial charge in [-0.25, -0.2) is 0 Å². The Bertz CT molecular complexity index is 113. The largest absolute Gasteiger partial charge is 0.301 e. The first-order chi connectivity index (χ1) is 5.26. The Labute approximate surface area is 78.3 Å². The van der Waals surface area contributed by atoms with E-state index < -0.39 is 0 Å². The SMILES string of the molecule is CCC1(CC)CN(CCBr)C1. The molecule has 1 aliphatic heterocycles. The lowest BCUT2D eigenvalue weighted by atomic mass is 9.75. The van der Waals surface area contributed by atoms with E-state index in [-0.39, 0.29) is 0 Å². The Hall–Kier alpha value is 0.440. The number of halogens is 1. The van der Waals surface area contributed by atoms with Gasteiger partial charge in [0.25, 0.3) is 0 Å². The van der Waals surface area contributed by atoms with Crippen molar-refractivity contribution in [2.24, 2.45) is 5.41 Å². The van der Waals surface area contributed by atoms with Crippen molar-refractivity contribution in [3.63, 3.8) is 0 Å². The highest BCUT2D eigenvalue weighted by molar-refractivity contribution is 9.09. The van der Waals surface area contributed by atoms with Crippen LogP contribution in [0, 0.1) is 5.41 Å². The van der Waals surface area contributed by atoms with Gasteiger partial charge in [0, 0.05) is 25.0 Å². The van der Waals surface area contributed by atoms with Gasteiger partial charge in [0.1, 0.15) is 0 Å². The predicted octanol–water partition coefficient (Wildman–Crippen LogP) is 2.50. The maximum Gasteiger partial charge on any atom is 0.0159 e. The highest BCUT2D eigenvalue weighted by Gasteiger charge is 2.38. The fourth-order valence-corrected chi connectivity index (χ4v) is 2.38. The molecule has 0 spiro atoms. The molecule has 1 saturated heterocycles. The molecule has 0 bridgehead atoms. The third-order valence-corrected chi connectivity index (χ3v) is 3.37. The molecule has 0 aromatic carbocycles. The molecular weight excluding hydrogens is 202 g/mol. The third-order valence-electron chi connectivity index (χ3n) is 3.02. The minimum absolute atomic E-state index is 0.683. The first-order valence-electron chi connectivity index (χ1n) is 4.54. The van der Waals surface area contributed by atoms with Gasteiger partial charge in [-0.2, -0.15) is 0 Å². The lowest BCUT2D eigenvalue weighted by molar-refractivity contribution is -0.000533. The van der Waals surface area contributed by atoms with E-state index in [2.05, 4.69) is 34.7 Å². The Kier molecular flexibility index (Phi) is 3.38. The minimum Gasteiger partial charge on any atom is -0.301 e. The van der Waals surface area contributed by atoms with Crippen LogP contribution in [-0.2, 0) is 0 Å². The minimum atomic E-state index is 0.683. The van der Waals surface area contributed by atoms with Crippen molar-refractivity contribution in [2.75, 3.05) is 25.0 Å². The summed E-state index contributed by atoms with van der Waals surface area (Å²) in [5.74, 6) is 0. The zero-order valence-electron chi connectivity index (χ0n) is 7.57. The molecule has 1 nitrogen and oxygen atoms in total. The summed E-state index contributed by atoms with van der Waals surface area (Å²) in [4.78, 5) is 2.53. The van der Waals surface area contributed by atoms with E-state index in [0.717, 1.165) is 5.33 Å². The fraction of sp³-hybridized carbons (Fsp3) is 1.00. The van der Waals surface area contributed by atoms with Gasteiger partial charge in [-0.3, -0.25) is 0 Å². The van der Waals surface area contributed by atoms with Crippen LogP contribution in [0.2, 0.25) is 0 Å². The van der Waals surface area contributed by atoms with E-state index in [1.54, 1.807) is 0 Å². The van der Waals surface area contributed by atoms with E-state index in [1.807, 2.05) is 0 Å². The molecule has 0 atom stereocenters. The normalized spacial score (nSPS) is 23.2. The zero-order chi connectivity index (χ0) is 8.32. The molecule has 1 fully saturated rings. The van der Waals surface area contributed by atoms with E-state index >= 15 is 0 Å². The molecule has 0 amide bonds. The molecule has 0 saturated carbocycles. The molecule has 0 aromatic heterocycles. The average molecular weight is 220 g/mol. The monoisotopic (exact) mass is 219 g/mol. The lowest BCUT2D eigenvalue weighted by Gasteiger charge is -2.49. The van der Waals surface area contributed by atoms with Crippen LogP contribution < -0.4 is 0 Å². The summed E-state index contributed by atoms with van der Waals surface area (Å²) in [6.45, 7) is 8.50. The summed E-state index contributed by atoms with van der Waals surface area (Å²) in [6, 6.07) is 0. The molecule has 0 N–H and O–H groups in total. The zero-order valence-corrected chi connectivity index (χ0v) is 9.15. The van der Waals surface area contributed by atoms with Gasteiger partial charge in [0.2, 0.25) is 0 Å². The van der Waals surface area contributed by atoms with Crippen LogP contribution in [0.25, 0.3) is 0 Å². The van der Waals surface area contributed by atoms with Crippen LogP contribution in [0.15, 0.2) is 0 Å². The Morgan fingerprint density at radius 2 is 1.82 bits per heavy atom. The average Bonchev–Trinajstić information content (AvgIpc) is 1.96. The van der Waals surface area contributed by atoms with Crippen molar-refractivity contribution < 1.29 is 0 Å². The second kappa shape index (κ2) is 3.90. The van der Waals surface area contributed by atoms with Gasteiger partial charge in [-0.1, -0.05) is 29.8 Å². The molecule has 66 valence electrons. The van der Waals surface area contributed by atoms with Crippen LogP contribution in [0.5, 0.6) is 0 Å². The maximum atomic E-state index is 3.46. The van der Waals surface area contributed by atoms with Crippen LogP contribution >= 0.6 is 15.9 Å². The lowest BCUT2D eigenvalue weighted by Crippen LogP contribution is -2.55. The topological polar surface area (TPSA) is 3.24 Å². The van der Waals surface area contributed by atoms with Gasteiger partial charge >= 0.3 is 0 Å². The summed E-state index contributed by atoms with van der Waals surface area (Å²) in [7, 11) is 0. The summed E-state index contributed by atoms with van der Waals surface area (Å²) < 4.78 is 0. The van der Waals surface area contributed by atoms with Crippen LogP contribution in [0.1, 0.15) is 26.7 Å². The second-order valence-electron chi connectivity index (χ2n) is 3.61. The van der Waals surface area contributed by atoms with Gasteiger partial charge < -0.3 is 4.90 Å². The smallest absolute Gasteiger partial charge is 0.0159 e. The van der Waals surface area contributed by atoms with Crippen molar-refractivity contribution in [1.29, 1.82) is 0 Å². The molecule has 0 aromatic rings. The molecule has 0 aliphatic carbocycles. The van der Waals surface area contributed by atoms with E-state index in [9.17, 15) is 0 Å². The van der Waals surface area contributed by atoms with Crippen LogP contribution in [0.3, 0.4) is 0 Å². The van der Waals surface area contributed by atoms with E-state index in [1.165, 1.54) is 32.5 Å². The molecular formula is C9H18BrN. The van der Waals surface area contributed by atoms with Crippen LogP contribution in [0.4, 0.5) is 0 Å². The molecule has 1 heterocycles. The molecule has 1 rings (SSSR count). The van der Waals surface area contributed by atoms with E-state index in [0.29, 0.717) is 5.41 Å². The van der Waals surface area contributed by atoms with Crippen molar-refractivity contribution in [3.8, 4) is 0 Å². The van der Waals surface area contributed by atoms with Crippen molar-refractivity contribution in [2.45, 2.75) is 26.7 Å². The molecule has 11 heavy (non-hydrogen) atoms. The summed E-state index contributed by atoms with van der Waals surface area (Å²) in [5.41, 5.74) is 0.683. The third kappa shape index (κ3) is 1.97. The molecule has 2 heteroatoms. The van der Waals surface area contributed by atoms with Crippen molar-refractivity contribution in [3.05, 3.63) is 0 Å². The highest BCUT2D eigenvalue weighted by atomic mass is 79.9. The van der Waals surface area contributed by atoms with Crippen molar-refractivity contribution >= 4 is 15.9 Å². The number of nitrogens with zero attached hydrogens (tertiary/aromatic N) is 1. The standard InChI is InChI=1S/C9H18BrN/c1-3-9(4-2)7-11(8-9)6-5-10/h3-8H2,1-2H3. The van der Waals surface area contributed by atoms with Gasteiger partial charge in [0.15, 0.2) is 0 Å². The Morgan fingerprint density at radius 1 is 1.27 bits per heavy atom. The second-order valence-corrected chi connectivity index (χ2v) is 4.40. The quantitative estimate of drug-likeness (QED) is 0.658. The summed E-state index contributed by atoms with van der Waals surface area (Å²) >= 11 is 3.46. The van der Waals surface area contributed by atoms with Gasteiger partial charge in [0.05, 0.1) is 0 Å². The number of rotatable bonds is 4. The first-order valence-corrected chi connectivity index (χ1v) is 5.67. The summed E-state index contributed by atoms with van der Waals surface area (Å²) in [6.07, 6.45) is 2.70. The number of likely N-dealkylation sites (tertiary alicyclic amines) is 1. The first kappa shape index (κ1) is 9.53. The van der Waals surface area contributed by atoms with Crippen LogP contribution in [-0.4, -0.2) is 29.9 Å². The Balaban J connectivity index is 2.24. The van der Waals surface area contributed by atoms with E-state index in [4.69, 9.17) is 0 Å². The van der Waals surface area contributed by atoms with Gasteiger partial charge in [-0.05, 0) is 18.3 Å². The maximum absolute atomic E-state index is 3.46. The molecule has 0 unspecified atom stereocenters. The predicted molar refractivity (Wildman–Crippen MR) is 53.2 cm³/mol. The molecule has 1 aliphatic rings. The number of alkyl halides is 1. The summed E-state index contributed by atoms with van der Waals surface area (Å²) in [5, 5.41) is 1.12. The van der Waals surface area contributed by atoms with Gasteiger partial charge in [-0.15, -0.1) is 0 Å². The fourth-order valence-electron chi connectivity index (χ4n) is 1.88. The number of hydrogen-bond donors (Lipinski definition) is 0. The highest BCUT2D eigenvalue weighted by Crippen LogP contribution is 2.36.